The average Bonchev–Trinajstić information content (AvgIpc) is 2.82. The van der Waals surface area contributed by atoms with E-state index in [1.165, 1.54) is 17.6 Å². The normalized spacial score (nSPS) is 35.8. The third-order valence-corrected chi connectivity index (χ3v) is 5.19. The molecule has 0 saturated heterocycles. The van der Waals surface area contributed by atoms with Crippen LogP contribution in [0.25, 0.3) is 0 Å². The number of hydrogen-bond acceptors (Lipinski definition) is 3. The van der Waals surface area contributed by atoms with Crippen LogP contribution in [-0.2, 0) is 4.84 Å². The molecule has 2 unspecified atom stereocenters. The highest BCUT2D eigenvalue weighted by Crippen LogP contribution is 2.56. The van der Waals surface area contributed by atoms with Gasteiger partial charge in [-0.2, -0.15) is 0 Å². The predicted octanol–water partition coefficient (Wildman–Crippen LogP) is 3.04. The summed E-state index contributed by atoms with van der Waals surface area (Å²) >= 11 is 0. The van der Waals surface area contributed by atoms with Gasteiger partial charge in [-0.3, -0.25) is 0 Å². The molecule has 0 bridgehead atoms. The van der Waals surface area contributed by atoms with Crippen LogP contribution >= 0.6 is 0 Å². The molecule has 0 aromatic heterocycles. The smallest absolute Gasteiger partial charge is 0.125 e. The van der Waals surface area contributed by atoms with E-state index in [1.54, 1.807) is 0 Å². The van der Waals surface area contributed by atoms with Gasteiger partial charge in [0.15, 0.2) is 0 Å². The Morgan fingerprint density at radius 2 is 2.17 bits per heavy atom. The summed E-state index contributed by atoms with van der Waals surface area (Å²) in [5, 5.41) is 15.2. The topological polar surface area (TPSA) is 41.8 Å². The predicted molar refractivity (Wildman–Crippen MR) is 71.4 cm³/mol. The van der Waals surface area contributed by atoms with Crippen molar-refractivity contribution in [3.8, 4) is 0 Å². The van der Waals surface area contributed by atoms with E-state index >= 15 is 0 Å². The van der Waals surface area contributed by atoms with Crippen LogP contribution in [0.4, 0.5) is 0 Å². The lowest BCUT2D eigenvalue weighted by atomic mass is 9.63. The van der Waals surface area contributed by atoms with E-state index in [4.69, 9.17) is 4.84 Å². The van der Waals surface area contributed by atoms with Crippen LogP contribution < -0.4 is 0 Å². The second-order valence-corrected chi connectivity index (χ2v) is 6.58. The summed E-state index contributed by atoms with van der Waals surface area (Å²) in [5.74, 6) is 0.417. The van der Waals surface area contributed by atoms with Gasteiger partial charge in [0.05, 0.1) is 16.7 Å². The van der Waals surface area contributed by atoms with Gasteiger partial charge in [-0.15, -0.1) is 0 Å². The molecule has 2 atom stereocenters. The van der Waals surface area contributed by atoms with Gasteiger partial charge in [0.25, 0.3) is 0 Å². The monoisotopic (exact) mass is 249 g/mol. The Hall–Kier alpha value is -0.830. The minimum Gasteiger partial charge on any atom is -0.395 e. The lowest BCUT2D eigenvalue weighted by Gasteiger charge is -2.43. The van der Waals surface area contributed by atoms with E-state index in [1.807, 2.05) is 13.8 Å². The summed E-state index contributed by atoms with van der Waals surface area (Å²) in [6.07, 6.45) is 5.54. The van der Waals surface area contributed by atoms with Gasteiger partial charge in [0.1, 0.15) is 6.61 Å². The van der Waals surface area contributed by atoms with E-state index in [0.717, 1.165) is 31.4 Å². The van der Waals surface area contributed by atoms with Gasteiger partial charge in [-0.05, 0) is 52.9 Å². The van der Waals surface area contributed by atoms with Gasteiger partial charge in [-0.1, -0.05) is 16.3 Å². The van der Waals surface area contributed by atoms with Crippen molar-refractivity contribution in [1.29, 1.82) is 0 Å². The molecule has 1 heterocycles. The van der Waals surface area contributed by atoms with Gasteiger partial charge in [0, 0.05) is 5.92 Å². The molecule has 3 aliphatic rings. The van der Waals surface area contributed by atoms with Gasteiger partial charge in [-0.25, -0.2) is 0 Å². The van der Waals surface area contributed by atoms with Crippen LogP contribution in [0.1, 0.15) is 52.9 Å². The molecular weight excluding hydrogens is 226 g/mol. The molecule has 100 valence electrons. The molecule has 1 aliphatic heterocycles. The van der Waals surface area contributed by atoms with Crippen LogP contribution in [0.5, 0.6) is 0 Å². The summed E-state index contributed by atoms with van der Waals surface area (Å²) in [6.45, 7) is 6.81. The summed E-state index contributed by atoms with van der Waals surface area (Å²) < 4.78 is 0. The minimum atomic E-state index is -0.755. The third kappa shape index (κ3) is 1.43. The zero-order valence-electron chi connectivity index (χ0n) is 11.6. The fourth-order valence-electron chi connectivity index (χ4n) is 4.26. The molecule has 0 spiro atoms. The summed E-state index contributed by atoms with van der Waals surface area (Å²) in [4.78, 5) is 5.36. The highest BCUT2D eigenvalue weighted by atomic mass is 16.6. The number of hydrogen-bond donors (Lipinski definition) is 1. The standard InChI is InChI=1S/C15H23NO2/c1-10-7-8-15(14(2,3)17)12(10)6-4-5-11-9-18-16-13(11)15/h11,17H,4-9H2,1-3H3. The number of fused-ring (bicyclic) bond motifs is 3. The van der Waals surface area contributed by atoms with Crippen molar-refractivity contribution in [2.75, 3.05) is 6.61 Å². The van der Waals surface area contributed by atoms with Crippen LogP contribution in [0.15, 0.2) is 16.3 Å². The first-order valence-corrected chi connectivity index (χ1v) is 7.08. The fraction of sp³-hybridized carbons (Fsp3) is 0.800. The van der Waals surface area contributed by atoms with Crippen molar-refractivity contribution in [2.24, 2.45) is 16.5 Å². The first-order valence-electron chi connectivity index (χ1n) is 7.08. The van der Waals surface area contributed by atoms with Crippen molar-refractivity contribution in [3.05, 3.63) is 11.1 Å². The Morgan fingerprint density at radius 1 is 1.39 bits per heavy atom. The molecule has 1 N–H and O–H groups in total. The van der Waals surface area contributed by atoms with Crippen molar-refractivity contribution < 1.29 is 9.94 Å². The Kier molecular flexibility index (Phi) is 2.60. The lowest BCUT2D eigenvalue weighted by molar-refractivity contribution is 0.00131. The van der Waals surface area contributed by atoms with Gasteiger partial charge >= 0.3 is 0 Å². The molecule has 2 aliphatic carbocycles. The van der Waals surface area contributed by atoms with Gasteiger partial charge < -0.3 is 9.94 Å². The molecule has 1 fully saturated rings. The van der Waals surface area contributed by atoms with Crippen molar-refractivity contribution >= 4 is 5.71 Å². The van der Waals surface area contributed by atoms with E-state index in [0.29, 0.717) is 12.5 Å². The summed E-state index contributed by atoms with van der Waals surface area (Å²) in [6, 6.07) is 0. The third-order valence-electron chi connectivity index (χ3n) is 5.19. The van der Waals surface area contributed by atoms with Crippen LogP contribution in [0.3, 0.4) is 0 Å². The highest BCUT2D eigenvalue weighted by molar-refractivity contribution is 5.97. The SMILES string of the molecule is CC1=C2CCCC3CON=C3C2(C(C)(C)O)CC1. The summed E-state index contributed by atoms with van der Waals surface area (Å²) in [5.41, 5.74) is 3.03. The van der Waals surface area contributed by atoms with E-state index in [9.17, 15) is 5.11 Å². The average molecular weight is 249 g/mol. The molecule has 3 heteroatoms. The Labute approximate surface area is 109 Å². The quantitative estimate of drug-likeness (QED) is 0.726. The maximum atomic E-state index is 10.8. The van der Waals surface area contributed by atoms with Crippen molar-refractivity contribution in [2.45, 2.75) is 58.5 Å². The first-order chi connectivity index (χ1) is 8.47. The second-order valence-electron chi connectivity index (χ2n) is 6.58. The van der Waals surface area contributed by atoms with E-state index in [2.05, 4.69) is 12.1 Å². The zero-order valence-corrected chi connectivity index (χ0v) is 11.6. The molecule has 18 heavy (non-hydrogen) atoms. The molecular formula is C15H23NO2. The number of oxime groups is 1. The number of aliphatic hydroxyl groups is 1. The Bertz CT molecular complexity index is 430. The van der Waals surface area contributed by atoms with Crippen LogP contribution in [0.2, 0.25) is 0 Å². The minimum absolute atomic E-state index is 0.255. The second kappa shape index (κ2) is 3.83. The van der Waals surface area contributed by atoms with Crippen LogP contribution in [0, 0.1) is 11.3 Å². The highest BCUT2D eigenvalue weighted by Gasteiger charge is 2.57. The summed E-state index contributed by atoms with van der Waals surface area (Å²) in [7, 11) is 0. The zero-order chi connectivity index (χ0) is 13.0. The maximum Gasteiger partial charge on any atom is 0.125 e. The fourth-order valence-corrected chi connectivity index (χ4v) is 4.26. The Morgan fingerprint density at radius 3 is 2.89 bits per heavy atom. The van der Waals surface area contributed by atoms with E-state index < -0.39 is 5.60 Å². The van der Waals surface area contributed by atoms with Crippen molar-refractivity contribution in [1.82, 2.24) is 0 Å². The van der Waals surface area contributed by atoms with Gasteiger partial charge in [0.2, 0.25) is 0 Å². The van der Waals surface area contributed by atoms with E-state index in [-0.39, 0.29) is 5.41 Å². The molecule has 1 saturated carbocycles. The number of allylic oxidation sites excluding steroid dienone is 1. The molecule has 0 aromatic rings. The maximum absolute atomic E-state index is 10.8. The molecule has 0 amide bonds. The molecule has 0 radical (unpaired) electrons. The first kappa shape index (κ1) is 12.2. The Balaban J connectivity index is 2.19. The number of rotatable bonds is 1. The number of nitrogens with zero attached hydrogens (tertiary/aromatic N) is 1. The molecule has 0 aromatic carbocycles. The van der Waals surface area contributed by atoms with Crippen LogP contribution in [-0.4, -0.2) is 23.0 Å². The molecule has 3 nitrogen and oxygen atoms in total. The largest absolute Gasteiger partial charge is 0.395 e. The lowest BCUT2D eigenvalue weighted by Crippen LogP contribution is -2.50. The molecule has 3 rings (SSSR count). The van der Waals surface area contributed by atoms with Crippen molar-refractivity contribution in [3.63, 3.8) is 0 Å².